The van der Waals surface area contributed by atoms with Gasteiger partial charge in [-0.1, -0.05) is 140 Å². The fraction of sp³-hybridized carbons (Fsp3) is 0. The Balaban J connectivity index is 1.03. The third kappa shape index (κ3) is 4.87. The number of fused-ring (bicyclic) bond motifs is 7. The predicted molar refractivity (Wildman–Crippen MR) is 223 cm³/mol. The lowest BCUT2D eigenvalue weighted by molar-refractivity contribution is 0.668. The Labute approximate surface area is 311 Å². The normalized spacial score (nSPS) is 11.7. The van der Waals surface area contributed by atoms with Gasteiger partial charge in [0.05, 0.1) is 11.1 Å². The minimum Gasteiger partial charge on any atom is -0.456 e. The maximum atomic E-state index is 6.26. The van der Waals surface area contributed by atoms with Gasteiger partial charge in [-0.25, -0.2) is 0 Å². The first-order chi connectivity index (χ1) is 26.8. The molecule has 8 aromatic carbocycles. The van der Waals surface area contributed by atoms with Gasteiger partial charge in [0.2, 0.25) is 0 Å². The summed E-state index contributed by atoms with van der Waals surface area (Å²) in [4.78, 5) is 4.94. The molecule has 0 fully saturated rings. The van der Waals surface area contributed by atoms with Gasteiger partial charge in [0.25, 0.3) is 0 Å². The van der Waals surface area contributed by atoms with E-state index in [0.29, 0.717) is 0 Å². The Morgan fingerprint density at radius 3 is 1.54 bits per heavy atom. The molecule has 0 aliphatic carbocycles. The molecule has 252 valence electrons. The summed E-state index contributed by atoms with van der Waals surface area (Å²) in [5, 5.41) is 6.82. The number of aromatic nitrogens is 1. The molecule has 0 aliphatic heterocycles. The van der Waals surface area contributed by atoms with Crippen LogP contribution in [0, 0.1) is 0 Å². The van der Waals surface area contributed by atoms with E-state index in [1.807, 2.05) is 36.5 Å². The Bertz CT molecular complexity index is 3210. The molecule has 0 spiro atoms. The molecule has 0 N–H and O–H groups in total. The van der Waals surface area contributed by atoms with Crippen molar-refractivity contribution in [3.05, 3.63) is 188 Å². The maximum Gasteiger partial charge on any atom is 0.139 e. The molecule has 0 atom stereocenters. The number of nitrogens with zero attached hydrogens (tertiary/aromatic N) is 1. The molecule has 11 aromatic rings. The molecular formula is C51H31NO2. The van der Waals surface area contributed by atoms with Crippen molar-refractivity contribution in [2.75, 3.05) is 0 Å². The first-order valence-electron chi connectivity index (χ1n) is 18.3. The highest BCUT2D eigenvalue weighted by Gasteiger charge is 2.17. The molecule has 0 aliphatic rings. The van der Waals surface area contributed by atoms with Crippen LogP contribution in [0.25, 0.3) is 110 Å². The zero-order valence-corrected chi connectivity index (χ0v) is 29.2. The van der Waals surface area contributed by atoms with Crippen LogP contribution in [0.5, 0.6) is 0 Å². The predicted octanol–water partition coefficient (Wildman–Crippen LogP) is 14.4. The van der Waals surface area contributed by atoms with E-state index in [0.717, 1.165) is 77.4 Å². The van der Waals surface area contributed by atoms with Crippen molar-refractivity contribution in [2.45, 2.75) is 0 Å². The molecule has 0 bridgehead atoms. The summed E-state index contributed by atoms with van der Waals surface area (Å²) in [6.07, 6.45) is 1.84. The highest BCUT2D eigenvalue weighted by atomic mass is 16.3. The molecule has 0 amide bonds. The van der Waals surface area contributed by atoms with Gasteiger partial charge in [-0.15, -0.1) is 0 Å². The molecule has 3 nitrogen and oxygen atoms in total. The Kier molecular flexibility index (Phi) is 6.86. The second kappa shape index (κ2) is 12.2. The zero-order chi connectivity index (χ0) is 35.6. The number of rotatable bonds is 5. The quantitative estimate of drug-likeness (QED) is 0.181. The number of pyridine rings is 1. The van der Waals surface area contributed by atoms with Gasteiger partial charge in [-0.3, -0.25) is 4.98 Å². The van der Waals surface area contributed by atoms with Gasteiger partial charge < -0.3 is 8.83 Å². The number of hydrogen-bond acceptors (Lipinski definition) is 3. The van der Waals surface area contributed by atoms with E-state index in [1.54, 1.807) is 0 Å². The molecule has 54 heavy (non-hydrogen) atoms. The van der Waals surface area contributed by atoms with Gasteiger partial charge in [0.15, 0.2) is 0 Å². The Morgan fingerprint density at radius 1 is 0.296 bits per heavy atom. The molecule has 0 unspecified atom stereocenters. The largest absolute Gasteiger partial charge is 0.456 e. The average Bonchev–Trinajstić information content (AvgIpc) is 3.82. The van der Waals surface area contributed by atoms with Crippen LogP contribution in [-0.2, 0) is 0 Å². The third-order valence-electron chi connectivity index (χ3n) is 10.7. The van der Waals surface area contributed by atoms with Gasteiger partial charge >= 0.3 is 0 Å². The van der Waals surface area contributed by atoms with Gasteiger partial charge in [-0.05, 0) is 97.7 Å². The van der Waals surface area contributed by atoms with Crippen LogP contribution in [0.15, 0.2) is 197 Å². The van der Waals surface area contributed by atoms with Gasteiger partial charge in [0, 0.05) is 27.9 Å². The second-order valence-corrected chi connectivity index (χ2v) is 13.9. The molecule has 3 heterocycles. The summed E-state index contributed by atoms with van der Waals surface area (Å²) in [6.45, 7) is 0. The number of para-hydroxylation sites is 2. The fourth-order valence-corrected chi connectivity index (χ4v) is 8.26. The molecule has 0 saturated carbocycles. The van der Waals surface area contributed by atoms with Crippen molar-refractivity contribution < 1.29 is 8.83 Å². The average molecular weight is 690 g/mol. The first-order valence-corrected chi connectivity index (χ1v) is 18.3. The van der Waals surface area contributed by atoms with Crippen LogP contribution in [0.4, 0.5) is 0 Å². The molecular weight excluding hydrogens is 659 g/mol. The summed E-state index contributed by atoms with van der Waals surface area (Å²) in [7, 11) is 0. The zero-order valence-electron chi connectivity index (χ0n) is 29.2. The van der Waals surface area contributed by atoms with Crippen LogP contribution in [-0.4, -0.2) is 4.98 Å². The minimum atomic E-state index is 0.838. The summed E-state index contributed by atoms with van der Waals surface area (Å²) < 4.78 is 12.5. The maximum absolute atomic E-state index is 6.26. The fourth-order valence-electron chi connectivity index (χ4n) is 8.26. The second-order valence-electron chi connectivity index (χ2n) is 13.9. The summed E-state index contributed by atoms with van der Waals surface area (Å²) in [6, 6.07) is 64.4. The standard InChI is InChI=1S/C51H31NO2/c1-2-11-32(12-3-1)35-29-36(31-37(30-35)51-50-44-14-5-7-21-46(44)54-48(50)27-28-52-51)33-23-25-34(26-24-33)38-15-8-17-40-39(38)16-9-18-41(40)42-19-10-22-47-49(42)43-13-4-6-20-45(43)53-47/h1-31H. The smallest absolute Gasteiger partial charge is 0.139 e. The van der Waals surface area contributed by atoms with Crippen molar-refractivity contribution in [1.82, 2.24) is 4.98 Å². The Hall–Kier alpha value is -7.23. The highest BCUT2D eigenvalue weighted by molar-refractivity contribution is 6.16. The van der Waals surface area contributed by atoms with Crippen LogP contribution in [0.1, 0.15) is 0 Å². The van der Waals surface area contributed by atoms with Crippen molar-refractivity contribution in [1.29, 1.82) is 0 Å². The molecule has 11 rings (SSSR count). The third-order valence-corrected chi connectivity index (χ3v) is 10.7. The summed E-state index contributed by atoms with van der Waals surface area (Å²) in [5.41, 5.74) is 14.8. The van der Waals surface area contributed by atoms with Crippen LogP contribution in [0.2, 0.25) is 0 Å². The molecule has 3 aromatic heterocycles. The van der Waals surface area contributed by atoms with Crippen LogP contribution >= 0.6 is 0 Å². The van der Waals surface area contributed by atoms with E-state index in [1.165, 1.54) is 33.0 Å². The number of benzene rings is 8. The lowest BCUT2D eigenvalue weighted by atomic mass is 9.90. The molecule has 0 saturated heterocycles. The first kappa shape index (κ1) is 30.4. The lowest BCUT2D eigenvalue weighted by Crippen LogP contribution is -1.89. The van der Waals surface area contributed by atoms with Gasteiger partial charge in [-0.2, -0.15) is 0 Å². The Morgan fingerprint density at radius 2 is 0.796 bits per heavy atom. The topological polar surface area (TPSA) is 39.2 Å². The van der Waals surface area contributed by atoms with E-state index < -0.39 is 0 Å². The lowest BCUT2D eigenvalue weighted by Gasteiger charge is -2.14. The van der Waals surface area contributed by atoms with E-state index >= 15 is 0 Å². The van der Waals surface area contributed by atoms with Crippen molar-refractivity contribution in [3.8, 4) is 55.8 Å². The van der Waals surface area contributed by atoms with E-state index in [9.17, 15) is 0 Å². The van der Waals surface area contributed by atoms with Gasteiger partial charge in [0.1, 0.15) is 22.3 Å². The van der Waals surface area contributed by atoms with Crippen molar-refractivity contribution >= 4 is 54.6 Å². The van der Waals surface area contributed by atoms with E-state index in [4.69, 9.17) is 13.8 Å². The monoisotopic (exact) mass is 689 g/mol. The molecule has 0 radical (unpaired) electrons. The SMILES string of the molecule is c1ccc(-c2cc(-c3ccc(-c4cccc5c(-c6cccc7oc8ccccc8c67)cccc45)cc3)cc(-c3nccc4oc5ccccc5c34)c2)cc1. The minimum absolute atomic E-state index is 0.838. The van der Waals surface area contributed by atoms with Crippen LogP contribution < -0.4 is 0 Å². The van der Waals surface area contributed by atoms with Crippen LogP contribution in [0.3, 0.4) is 0 Å². The van der Waals surface area contributed by atoms with Crippen molar-refractivity contribution in [3.63, 3.8) is 0 Å². The summed E-state index contributed by atoms with van der Waals surface area (Å²) >= 11 is 0. The number of furan rings is 2. The van der Waals surface area contributed by atoms with E-state index in [-0.39, 0.29) is 0 Å². The number of hydrogen-bond donors (Lipinski definition) is 0. The van der Waals surface area contributed by atoms with Crippen molar-refractivity contribution in [2.24, 2.45) is 0 Å². The van der Waals surface area contributed by atoms with E-state index in [2.05, 4.69) is 152 Å². The molecule has 3 heteroatoms. The summed E-state index contributed by atoms with van der Waals surface area (Å²) in [5.74, 6) is 0. The highest BCUT2D eigenvalue weighted by Crippen LogP contribution is 2.42.